The second-order valence-corrected chi connectivity index (χ2v) is 5.50. The van der Waals surface area contributed by atoms with E-state index in [2.05, 4.69) is 25.0 Å². The predicted molar refractivity (Wildman–Crippen MR) is 82.8 cm³/mol. The SMILES string of the molecule is CC(C)c1c(-c2cnc3[nH]ccc3c2)nc2nc[nH]n2c1=O. The molecule has 0 unspecified atom stereocenters. The van der Waals surface area contributed by atoms with E-state index < -0.39 is 0 Å². The van der Waals surface area contributed by atoms with E-state index in [1.165, 1.54) is 10.8 Å². The molecule has 0 amide bonds. The molecule has 7 heteroatoms. The van der Waals surface area contributed by atoms with Gasteiger partial charge in [-0.3, -0.25) is 9.89 Å². The summed E-state index contributed by atoms with van der Waals surface area (Å²) in [6.07, 6.45) is 5.03. The lowest BCUT2D eigenvalue weighted by atomic mass is 9.99. The lowest BCUT2D eigenvalue weighted by molar-refractivity contribution is 0.797. The van der Waals surface area contributed by atoms with Gasteiger partial charge in [0.1, 0.15) is 12.0 Å². The number of fused-ring (bicyclic) bond motifs is 2. The molecule has 0 spiro atoms. The molecule has 4 aromatic heterocycles. The van der Waals surface area contributed by atoms with Crippen LogP contribution in [0.4, 0.5) is 0 Å². The molecule has 2 N–H and O–H groups in total. The first kappa shape index (κ1) is 12.8. The summed E-state index contributed by atoms with van der Waals surface area (Å²) in [4.78, 5) is 28.7. The molecule has 0 saturated heterocycles. The van der Waals surface area contributed by atoms with Crippen LogP contribution in [0, 0.1) is 0 Å². The van der Waals surface area contributed by atoms with Crippen molar-refractivity contribution < 1.29 is 0 Å². The molecule has 4 aromatic rings. The summed E-state index contributed by atoms with van der Waals surface area (Å²) in [6, 6.07) is 3.93. The van der Waals surface area contributed by atoms with Gasteiger partial charge in [-0.25, -0.2) is 15.0 Å². The Morgan fingerprint density at radius 1 is 1.27 bits per heavy atom. The molecule has 0 atom stereocenters. The van der Waals surface area contributed by atoms with Crippen molar-refractivity contribution in [3.05, 3.63) is 46.8 Å². The molecule has 7 nitrogen and oxygen atoms in total. The van der Waals surface area contributed by atoms with Crippen LogP contribution < -0.4 is 5.56 Å². The minimum atomic E-state index is -0.123. The first-order chi connectivity index (χ1) is 10.6. The number of nitrogens with zero attached hydrogens (tertiary/aromatic N) is 4. The van der Waals surface area contributed by atoms with Crippen molar-refractivity contribution in [3.63, 3.8) is 0 Å². The van der Waals surface area contributed by atoms with Gasteiger partial charge in [-0.15, -0.1) is 0 Å². The quantitative estimate of drug-likeness (QED) is 0.592. The number of aromatic nitrogens is 6. The third-order valence-corrected chi connectivity index (χ3v) is 3.72. The molecule has 0 radical (unpaired) electrons. The molecule has 22 heavy (non-hydrogen) atoms. The average molecular weight is 294 g/mol. The standard InChI is InChI=1S/C15H14N6O/c1-8(2)11-12(20-15-18-7-19-21(15)14(11)22)10-5-9-3-4-16-13(9)17-6-10/h3-8H,1-2H3,(H,16,17)(H,18,19,20). The Hall–Kier alpha value is -2.96. The maximum atomic E-state index is 12.7. The summed E-state index contributed by atoms with van der Waals surface area (Å²) in [7, 11) is 0. The number of pyridine rings is 1. The van der Waals surface area contributed by atoms with Gasteiger partial charge < -0.3 is 4.98 Å². The van der Waals surface area contributed by atoms with Gasteiger partial charge in [0.15, 0.2) is 0 Å². The molecule has 0 bridgehead atoms. The largest absolute Gasteiger partial charge is 0.346 e. The lowest BCUT2D eigenvalue weighted by Gasteiger charge is -2.11. The van der Waals surface area contributed by atoms with Crippen molar-refractivity contribution in [2.24, 2.45) is 0 Å². The maximum absolute atomic E-state index is 12.7. The van der Waals surface area contributed by atoms with E-state index in [0.717, 1.165) is 16.6 Å². The van der Waals surface area contributed by atoms with E-state index in [1.54, 1.807) is 6.20 Å². The van der Waals surface area contributed by atoms with Crippen LogP contribution in [-0.2, 0) is 0 Å². The molecular weight excluding hydrogens is 280 g/mol. The second-order valence-electron chi connectivity index (χ2n) is 5.50. The fourth-order valence-corrected chi connectivity index (χ4v) is 2.68. The van der Waals surface area contributed by atoms with E-state index in [4.69, 9.17) is 0 Å². The fraction of sp³-hybridized carbons (Fsp3) is 0.200. The summed E-state index contributed by atoms with van der Waals surface area (Å²) in [5.74, 6) is 0.399. The van der Waals surface area contributed by atoms with Crippen LogP contribution in [0.25, 0.3) is 28.1 Å². The van der Waals surface area contributed by atoms with Crippen LogP contribution in [-0.4, -0.2) is 29.5 Å². The first-order valence-corrected chi connectivity index (χ1v) is 7.04. The van der Waals surface area contributed by atoms with Gasteiger partial charge >= 0.3 is 0 Å². The molecule has 0 saturated carbocycles. The molecular formula is C15H14N6O. The predicted octanol–water partition coefficient (Wildman–Crippen LogP) is 2.08. The van der Waals surface area contributed by atoms with Crippen LogP contribution in [0.3, 0.4) is 0 Å². The van der Waals surface area contributed by atoms with Gasteiger partial charge in [0.05, 0.1) is 5.69 Å². The Balaban J connectivity index is 2.07. The number of aromatic amines is 2. The summed E-state index contributed by atoms with van der Waals surface area (Å²) in [6.45, 7) is 3.96. The molecule has 110 valence electrons. The zero-order chi connectivity index (χ0) is 15.3. The Morgan fingerprint density at radius 3 is 2.95 bits per heavy atom. The van der Waals surface area contributed by atoms with Gasteiger partial charge in [0.2, 0.25) is 0 Å². The van der Waals surface area contributed by atoms with Crippen LogP contribution in [0.15, 0.2) is 35.6 Å². The average Bonchev–Trinajstić information content (AvgIpc) is 3.14. The Morgan fingerprint density at radius 2 is 2.14 bits per heavy atom. The maximum Gasteiger partial charge on any atom is 0.278 e. The van der Waals surface area contributed by atoms with Crippen LogP contribution in [0.2, 0.25) is 0 Å². The van der Waals surface area contributed by atoms with Crippen molar-refractivity contribution >= 4 is 16.8 Å². The topological polar surface area (TPSA) is 91.7 Å². The molecule has 4 heterocycles. The molecule has 0 aliphatic rings. The monoisotopic (exact) mass is 294 g/mol. The highest BCUT2D eigenvalue weighted by molar-refractivity contribution is 5.81. The Bertz CT molecular complexity index is 1040. The smallest absolute Gasteiger partial charge is 0.278 e. The van der Waals surface area contributed by atoms with Crippen molar-refractivity contribution in [1.82, 2.24) is 29.5 Å². The summed E-state index contributed by atoms with van der Waals surface area (Å²) >= 11 is 0. The zero-order valence-corrected chi connectivity index (χ0v) is 12.2. The summed E-state index contributed by atoms with van der Waals surface area (Å²) in [5.41, 5.74) is 2.80. The van der Waals surface area contributed by atoms with Gasteiger partial charge in [-0.05, 0) is 18.1 Å². The fourth-order valence-electron chi connectivity index (χ4n) is 2.68. The number of hydrogen-bond acceptors (Lipinski definition) is 4. The third kappa shape index (κ3) is 1.75. The van der Waals surface area contributed by atoms with Crippen LogP contribution in [0.1, 0.15) is 25.3 Å². The number of nitrogens with one attached hydrogen (secondary N) is 2. The van der Waals surface area contributed by atoms with E-state index in [0.29, 0.717) is 17.0 Å². The van der Waals surface area contributed by atoms with Crippen LogP contribution in [0.5, 0.6) is 0 Å². The number of hydrogen-bond donors (Lipinski definition) is 2. The van der Waals surface area contributed by atoms with Gasteiger partial charge in [-0.2, -0.15) is 4.52 Å². The van der Waals surface area contributed by atoms with Gasteiger partial charge in [0.25, 0.3) is 11.3 Å². The van der Waals surface area contributed by atoms with Gasteiger partial charge in [0, 0.05) is 28.9 Å². The van der Waals surface area contributed by atoms with Crippen molar-refractivity contribution in [2.45, 2.75) is 19.8 Å². The highest BCUT2D eigenvalue weighted by Gasteiger charge is 2.19. The molecule has 0 aliphatic carbocycles. The highest BCUT2D eigenvalue weighted by atomic mass is 16.1. The minimum absolute atomic E-state index is 0.0390. The van der Waals surface area contributed by atoms with Crippen molar-refractivity contribution in [3.8, 4) is 11.3 Å². The van der Waals surface area contributed by atoms with Crippen LogP contribution >= 0.6 is 0 Å². The second kappa shape index (κ2) is 4.52. The van der Waals surface area contributed by atoms with Gasteiger partial charge in [-0.1, -0.05) is 13.8 Å². The van der Waals surface area contributed by atoms with E-state index in [1.807, 2.05) is 32.2 Å². The summed E-state index contributed by atoms with van der Waals surface area (Å²) < 4.78 is 1.36. The number of H-pyrrole nitrogens is 2. The normalized spacial score (nSPS) is 11.8. The van der Waals surface area contributed by atoms with Crippen molar-refractivity contribution in [2.75, 3.05) is 0 Å². The first-order valence-electron chi connectivity index (χ1n) is 7.04. The lowest BCUT2D eigenvalue weighted by Crippen LogP contribution is -2.22. The van der Waals surface area contributed by atoms with E-state index >= 15 is 0 Å². The zero-order valence-electron chi connectivity index (χ0n) is 12.2. The molecule has 4 rings (SSSR count). The van der Waals surface area contributed by atoms with Crippen molar-refractivity contribution in [1.29, 1.82) is 0 Å². The highest BCUT2D eigenvalue weighted by Crippen LogP contribution is 2.26. The van der Waals surface area contributed by atoms with E-state index in [9.17, 15) is 4.79 Å². The molecule has 0 aromatic carbocycles. The van der Waals surface area contributed by atoms with E-state index in [-0.39, 0.29) is 11.5 Å². The summed E-state index contributed by atoms with van der Waals surface area (Å²) in [5, 5.41) is 3.78. The Kier molecular flexibility index (Phi) is 2.62. The molecule has 0 fully saturated rings. The number of rotatable bonds is 2. The minimum Gasteiger partial charge on any atom is -0.346 e. The Labute approximate surface area is 125 Å². The molecule has 0 aliphatic heterocycles. The third-order valence-electron chi connectivity index (χ3n) is 3.72.